The first-order chi connectivity index (χ1) is 8.39. The Morgan fingerprint density at radius 3 is 2.78 bits per heavy atom. The summed E-state index contributed by atoms with van der Waals surface area (Å²) in [5, 5.41) is 0. The van der Waals surface area contributed by atoms with E-state index in [0.717, 1.165) is 5.69 Å². The van der Waals surface area contributed by atoms with Gasteiger partial charge in [-0.1, -0.05) is 12.2 Å². The fourth-order valence-electron chi connectivity index (χ4n) is 2.08. The molecule has 0 saturated carbocycles. The largest absolute Gasteiger partial charge is 0.388 e. The first-order valence-electron chi connectivity index (χ1n) is 5.62. The molecule has 5 nitrogen and oxygen atoms in total. The van der Waals surface area contributed by atoms with E-state index in [9.17, 15) is 8.42 Å². The highest BCUT2D eigenvalue weighted by Crippen LogP contribution is 2.20. The molecule has 1 aromatic heterocycles. The Hall–Kier alpha value is -1.21. The molecule has 1 atom stereocenters. The number of nitrogens with two attached hydrogens (primary N) is 1. The standard InChI is InChI=1S/C11H15N3O2S2/c1-8-7-18(15,16)5-4-14(8)9-2-3-10(11(12)17)13-6-9/h2-3,6,8H,4-5,7H2,1H3,(H2,12,17). The van der Waals surface area contributed by atoms with E-state index in [1.807, 2.05) is 17.9 Å². The Balaban J connectivity index is 2.20. The van der Waals surface area contributed by atoms with Gasteiger partial charge in [-0.3, -0.25) is 4.98 Å². The lowest BCUT2D eigenvalue weighted by atomic mass is 10.2. The molecule has 1 fully saturated rings. The first-order valence-corrected chi connectivity index (χ1v) is 7.85. The molecule has 7 heteroatoms. The van der Waals surface area contributed by atoms with Gasteiger partial charge in [-0.15, -0.1) is 0 Å². The van der Waals surface area contributed by atoms with E-state index >= 15 is 0 Å². The molecule has 2 N–H and O–H groups in total. The predicted molar refractivity (Wildman–Crippen MR) is 75.6 cm³/mol. The molecule has 1 aliphatic heterocycles. The van der Waals surface area contributed by atoms with Gasteiger partial charge in [-0.05, 0) is 19.1 Å². The average molecular weight is 285 g/mol. The summed E-state index contributed by atoms with van der Waals surface area (Å²) in [6, 6.07) is 3.59. The predicted octanol–water partition coefficient (Wildman–Crippen LogP) is 0.339. The Morgan fingerprint density at radius 1 is 1.56 bits per heavy atom. The number of aromatic nitrogens is 1. The van der Waals surface area contributed by atoms with Gasteiger partial charge in [-0.2, -0.15) is 0 Å². The molecule has 2 heterocycles. The van der Waals surface area contributed by atoms with Crippen LogP contribution in [0.2, 0.25) is 0 Å². The summed E-state index contributed by atoms with van der Waals surface area (Å²) in [7, 11) is -2.90. The quantitative estimate of drug-likeness (QED) is 0.790. The molecule has 0 spiro atoms. The van der Waals surface area contributed by atoms with Gasteiger partial charge in [-0.25, -0.2) is 8.42 Å². The molecular formula is C11H15N3O2S2. The summed E-state index contributed by atoms with van der Waals surface area (Å²) in [6.45, 7) is 2.40. The molecule has 0 bridgehead atoms. The lowest BCUT2D eigenvalue weighted by Gasteiger charge is -2.34. The fourth-order valence-corrected chi connectivity index (χ4v) is 3.76. The van der Waals surface area contributed by atoms with Crippen LogP contribution in [0.5, 0.6) is 0 Å². The second-order valence-corrected chi connectivity index (χ2v) is 7.09. The number of thiocarbonyl (C=S) groups is 1. The maximum absolute atomic E-state index is 11.5. The van der Waals surface area contributed by atoms with Crippen LogP contribution in [0.3, 0.4) is 0 Å². The van der Waals surface area contributed by atoms with Crippen molar-refractivity contribution >= 4 is 32.7 Å². The van der Waals surface area contributed by atoms with Crippen molar-refractivity contribution in [2.75, 3.05) is 23.0 Å². The monoisotopic (exact) mass is 285 g/mol. The third-order valence-corrected chi connectivity index (χ3v) is 5.01. The lowest BCUT2D eigenvalue weighted by Crippen LogP contribution is -2.47. The van der Waals surface area contributed by atoms with E-state index in [2.05, 4.69) is 4.98 Å². The summed E-state index contributed by atoms with van der Waals surface area (Å²) in [5.74, 6) is 0.373. The zero-order valence-corrected chi connectivity index (χ0v) is 11.7. The topological polar surface area (TPSA) is 76.3 Å². The maximum atomic E-state index is 11.5. The smallest absolute Gasteiger partial charge is 0.154 e. The van der Waals surface area contributed by atoms with Crippen LogP contribution in [0.15, 0.2) is 18.3 Å². The van der Waals surface area contributed by atoms with E-state index < -0.39 is 9.84 Å². The lowest BCUT2D eigenvalue weighted by molar-refractivity contribution is 0.568. The minimum atomic E-state index is -2.90. The van der Waals surface area contributed by atoms with Crippen LogP contribution in [0, 0.1) is 0 Å². The second-order valence-electron chi connectivity index (χ2n) is 4.42. The van der Waals surface area contributed by atoms with E-state index in [1.165, 1.54) is 0 Å². The summed E-state index contributed by atoms with van der Waals surface area (Å²) in [4.78, 5) is 6.47. The third-order valence-electron chi connectivity index (χ3n) is 3.00. The number of hydrogen-bond acceptors (Lipinski definition) is 5. The van der Waals surface area contributed by atoms with Crippen LogP contribution in [0.1, 0.15) is 12.6 Å². The van der Waals surface area contributed by atoms with E-state index in [1.54, 1.807) is 12.3 Å². The average Bonchev–Trinajstić information content (AvgIpc) is 2.28. The van der Waals surface area contributed by atoms with Crippen LogP contribution >= 0.6 is 12.2 Å². The second kappa shape index (κ2) is 4.81. The van der Waals surface area contributed by atoms with Gasteiger partial charge in [0.1, 0.15) is 4.99 Å². The van der Waals surface area contributed by atoms with Crippen LogP contribution in [0.25, 0.3) is 0 Å². The number of rotatable bonds is 2. The summed E-state index contributed by atoms with van der Waals surface area (Å²) in [5.41, 5.74) is 6.96. The van der Waals surface area contributed by atoms with Crippen LogP contribution < -0.4 is 10.6 Å². The van der Waals surface area contributed by atoms with Crippen molar-refractivity contribution in [3.05, 3.63) is 24.0 Å². The van der Waals surface area contributed by atoms with Gasteiger partial charge in [0.05, 0.1) is 29.1 Å². The number of nitrogens with zero attached hydrogens (tertiary/aromatic N) is 2. The molecule has 98 valence electrons. The highest BCUT2D eigenvalue weighted by molar-refractivity contribution is 7.91. The van der Waals surface area contributed by atoms with Gasteiger partial charge in [0.2, 0.25) is 0 Å². The highest BCUT2D eigenvalue weighted by Gasteiger charge is 2.28. The maximum Gasteiger partial charge on any atom is 0.154 e. The van der Waals surface area contributed by atoms with Crippen molar-refractivity contribution in [1.82, 2.24) is 4.98 Å². The van der Waals surface area contributed by atoms with Crippen molar-refractivity contribution in [3.63, 3.8) is 0 Å². The molecule has 0 aromatic carbocycles. The summed E-state index contributed by atoms with van der Waals surface area (Å²) < 4.78 is 23.0. The molecule has 1 aromatic rings. The minimum Gasteiger partial charge on any atom is -0.388 e. The Kier molecular flexibility index (Phi) is 3.54. The Labute approximate surface area is 112 Å². The normalized spacial score (nSPS) is 22.7. The highest BCUT2D eigenvalue weighted by atomic mass is 32.2. The molecule has 1 saturated heterocycles. The molecule has 18 heavy (non-hydrogen) atoms. The molecule has 2 rings (SSSR count). The number of hydrogen-bond donors (Lipinski definition) is 1. The fraction of sp³-hybridized carbons (Fsp3) is 0.455. The van der Waals surface area contributed by atoms with E-state index in [4.69, 9.17) is 18.0 Å². The van der Waals surface area contributed by atoms with Crippen molar-refractivity contribution in [3.8, 4) is 0 Å². The van der Waals surface area contributed by atoms with Crippen molar-refractivity contribution < 1.29 is 8.42 Å². The summed E-state index contributed by atoms with van der Waals surface area (Å²) in [6.07, 6.45) is 1.68. The van der Waals surface area contributed by atoms with Gasteiger partial charge >= 0.3 is 0 Å². The van der Waals surface area contributed by atoms with Crippen molar-refractivity contribution in [1.29, 1.82) is 0 Å². The van der Waals surface area contributed by atoms with Gasteiger partial charge in [0.25, 0.3) is 0 Å². The molecular weight excluding hydrogens is 270 g/mol. The number of pyridine rings is 1. The minimum absolute atomic E-state index is 0.0405. The SMILES string of the molecule is CC1CS(=O)(=O)CCN1c1ccc(C(N)=S)nc1. The first kappa shape index (κ1) is 13.2. The van der Waals surface area contributed by atoms with Crippen LogP contribution in [-0.4, -0.2) is 42.5 Å². The van der Waals surface area contributed by atoms with Crippen molar-refractivity contribution in [2.24, 2.45) is 5.73 Å². The summed E-state index contributed by atoms with van der Waals surface area (Å²) >= 11 is 4.84. The molecule has 0 radical (unpaired) electrons. The molecule has 1 aliphatic rings. The zero-order chi connectivity index (χ0) is 13.3. The van der Waals surface area contributed by atoms with Crippen LogP contribution in [0.4, 0.5) is 5.69 Å². The molecule has 0 amide bonds. The number of anilines is 1. The number of sulfone groups is 1. The molecule has 0 aliphatic carbocycles. The molecule has 1 unspecified atom stereocenters. The Morgan fingerprint density at radius 2 is 2.28 bits per heavy atom. The van der Waals surface area contributed by atoms with Gasteiger partial charge < -0.3 is 10.6 Å². The van der Waals surface area contributed by atoms with Gasteiger partial charge in [0, 0.05) is 12.6 Å². The van der Waals surface area contributed by atoms with E-state index in [0.29, 0.717) is 12.2 Å². The zero-order valence-electron chi connectivity index (χ0n) is 10.0. The van der Waals surface area contributed by atoms with Crippen molar-refractivity contribution in [2.45, 2.75) is 13.0 Å². The third kappa shape index (κ3) is 2.78. The van der Waals surface area contributed by atoms with Crippen LogP contribution in [-0.2, 0) is 9.84 Å². The van der Waals surface area contributed by atoms with Gasteiger partial charge in [0.15, 0.2) is 9.84 Å². The Bertz CT molecular complexity index is 554. The van der Waals surface area contributed by atoms with E-state index in [-0.39, 0.29) is 22.5 Å².